The molecule has 4 heteroatoms. The molecule has 0 aromatic heterocycles. The lowest BCUT2D eigenvalue weighted by atomic mass is 10.1. The molecule has 0 fully saturated rings. The van der Waals surface area contributed by atoms with Gasteiger partial charge < -0.3 is 14.2 Å². The molecule has 1 rings (SSSR count). The maximum absolute atomic E-state index is 10.7. The lowest BCUT2D eigenvalue weighted by molar-refractivity contribution is 0.0803. The Morgan fingerprint density at radius 3 is 2.32 bits per heavy atom. The summed E-state index contributed by atoms with van der Waals surface area (Å²) < 4.78 is 16.1. The topological polar surface area (TPSA) is 44.8 Å². The number of methoxy groups -OCH3 is 1. The molecule has 0 N–H and O–H groups in total. The average Bonchev–Trinajstić information content (AvgIpc) is 2.40. The summed E-state index contributed by atoms with van der Waals surface area (Å²) in [6.45, 7) is 6.34. The number of aldehydes is 1. The van der Waals surface area contributed by atoms with Gasteiger partial charge in [0.15, 0.2) is 0 Å². The molecular weight excluding hydrogens is 244 g/mol. The molecular formula is C15H22O4. The first-order valence-corrected chi connectivity index (χ1v) is 6.45. The van der Waals surface area contributed by atoms with Crippen LogP contribution in [0.4, 0.5) is 0 Å². The molecule has 0 aliphatic carbocycles. The molecule has 0 unspecified atom stereocenters. The number of aryl methyl sites for hydroxylation is 2. The summed E-state index contributed by atoms with van der Waals surface area (Å²) in [5.74, 6) is 0.839. The first kappa shape index (κ1) is 15.7. The van der Waals surface area contributed by atoms with Crippen LogP contribution in [0.25, 0.3) is 0 Å². The van der Waals surface area contributed by atoms with E-state index in [9.17, 15) is 4.79 Å². The SMILES string of the molecule is COCCCOCCOc1c(C)cc(C=O)cc1C. The second-order valence-electron chi connectivity index (χ2n) is 4.41. The van der Waals surface area contributed by atoms with Crippen LogP contribution in [0.15, 0.2) is 12.1 Å². The quantitative estimate of drug-likeness (QED) is 0.509. The van der Waals surface area contributed by atoms with Crippen molar-refractivity contribution >= 4 is 6.29 Å². The Kier molecular flexibility index (Phi) is 7.15. The van der Waals surface area contributed by atoms with Crippen LogP contribution in [0.1, 0.15) is 27.9 Å². The van der Waals surface area contributed by atoms with Crippen LogP contribution in [-0.2, 0) is 9.47 Å². The lowest BCUT2D eigenvalue weighted by Crippen LogP contribution is -2.10. The molecule has 0 bridgehead atoms. The molecule has 0 radical (unpaired) electrons. The highest BCUT2D eigenvalue weighted by atomic mass is 16.5. The van der Waals surface area contributed by atoms with E-state index in [0.29, 0.717) is 32.0 Å². The molecule has 106 valence electrons. The molecule has 0 heterocycles. The molecule has 1 aromatic rings. The van der Waals surface area contributed by atoms with Crippen LogP contribution in [-0.4, -0.2) is 39.8 Å². The number of carbonyl (C=O) groups is 1. The third-order valence-electron chi connectivity index (χ3n) is 2.73. The highest BCUT2D eigenvalue weighted by molar-refractivity contribution is 5.76. The summed E-state index contributed by atoms with van der Waals surface area (Å²) in [6.07, 6.45) is 1.74. The Bertz CT molecular complexity index is 378. The zero-order valence-electron chi connectivity index (χ0n) is 11.9. The standard InChI is InChI=1S/C15H22O4/c1-12-9-14(11-16)10-13(2)15(12)19-8-7-18-6-4-5-17-3/h9-11H,4-8H2,1-3H3. The zero-order chi connectivity index (χ0) is 14.1. The van der Waals surface area contributed by atoms with Crippen molar-refractivity contribution in [1.29, 1.82) is 0 Å². The predicted molar refractivity (Wildman–Crippen MR) is 74.1 cm³/mol. The molecule has 0 atom stereocenters. The van der Waals surface area contributed by atoms with Crippen molar-refractivity contribution in [2.75, 3.05) is 33.5 Å². The highest BCUT2D eigenvalue weighted by Gasteiger charge is 2.06. The molecule has 0 aliphatic heterocycles. The van der Waals surface area contributed by atoms with E-state index in [0.717, 1.165) is 29.6 Å². The zero-order valence-corrected chi connectivity index (χ0v) is 11.9. The van der Waals surface area contributed by atoms with Crippen molar-refractivity contribution < 1.29 is 19.0 Å². The van der Waals surface area contributed by atoms with Gasteiger partial charge in [-0.15, -0.1) is 0 Å². The van der Waals surface area contributed by atoms with E-state index in [4.69, 9.17) is 14.2 Å². The molecule has 19 heavy (non-hydrogen) atoms. The van der Waals surface area contributed by atoms with E-state index in [1.54, 1.807) is 7.11 Å². The largest absolute Gasteiger partial charge is 0.491 e. The van der Waals surface area contributed by atoms with Gasteiger partial charge in [0, 0.05) is 25.9 Å². The molecule has 0 saturated carbocycles. The van der Waals surface area contributed by atoms with Crippen molar-refractivity contribution in [3.63, 3.8) is 0 Å². The van der Waals surface area contributed by atoms with Crippen LogP contribution in [0.3, 0.4) is 0 Å². The summed E-state index contributed by atoms with van der Waals surface area (Å²) in [7, 11) is 1.68. The van der Waals surface area contributed by atoms with Gasteiger partial charge in [0.05, 0.1) is 6.61 Å². The van der Waals surface area contributed by atoms with E-state index in [1.807, 2.05) is 26.0 Å². The van der Waals surface area contributed by atoms with Gasteiger partial charge >= 0.3 is 0 Å². The lowest BCUT2D eigenvalue weighted by Gasteiger charge is -2.13. The van der Waals surface area contributed by atoms with Gasteiger partial charge in [-0.1, -0.05) is 0 Å². The van der Waals surface area contributed by atoms with Crippen molar-refractivity contribution in [1.82, 2.24) is 0 Å². The fraction of sp³-hybridized carbons (Fsp3) is 0.533. The third kappa shape index (κ3) is 5.41. The van der Waals surface area contributed by atoms with Crippen molar-refractivity contribution in [2.24, 2.45) is 0 Å². The van der Waals surface area contributed by atoms with Gasteiger partial charge in [-0.3, -0.25) is 4.79 Å². The van der Waals surface area contributed by atoms with Crippen LogP contribution < -0.4 is 4.74 Å². The smallest absolute Gasteiger partial charge is 0.150 e. The average molecular weight is 266 g/mol. The van der Waals surface area contributed by atoms with Crippen LogP contribution >= 0.6 is 0 Å². The van der Waals surface area contributed by atoms with E-state index in [1.165, 1.54) is 0 Å². The number of hydrogen-bond acceptors (Lipinski definition) is 4. The summed E-state index contributed by atoms with van der Waals surface area (Å²) in [5, 5.41) is 0. The van der Waals surface area contributed by atoms with Gasteiger partial charge in [0.2, 0.25) is 0 Å². The second kappa shape index (κ2) is 8.67. The number of ether oxygens (including phenoxy) is 3. The highest BCUT2D eigenvalue weighted by Crippen LogP contribution is 2.24. The Morgan fingerprint density at radius 2 is 1.74 bits per heavy atom. The summed E-state index contributed by atoms with van der Waals surface area (Å²) in [6, 6.07) is 3.66. The van der Waals surface area contributed by atoms with Gasteiger partial charge in [0.1, 0.15) is 18.6 Å². The van der Waals surface area contributed by atoms with E-state index < -0.39 is 0 Å². The van der Waals surface area contributed by atoms with Crippen LogP contribution in [0.2, 0.25) is 0 Å². The minimum absolute atomic E-state index is 0.509. The number of rotatable bonds is 9. The van der Waals surface area contributed by atoms with E-state index in [2.05, 4.69) is 0 Å². The van der Waals surface area contributed by atoms with E-state index in [-0.39, 0.29) is 0 Å². The monoisotopic (exact) mass is 266 g/mol. The minimum atomic E-state index is 0.509. The molecule has 0 spiro atoms. The molecule has 0 aliphatic rings. The van der Waals surface area contributed by atoms with Gasteiger partial charge in [-0.25, -0.2) is 0 Å². The van der Waals surface area contributed by atoms with Crippen molar-refractivity contribution in [3.05, 3.63) is 28.8 Å². The Hall–Kier alpha value is -1.39. The molecule has 0 amide bonds. The van der Waals surface area contributed by atoms with Gasteiger partial charge in [-0.2, -0.15) is 0 Å². The van der Waals surface area contributed by atoms with Gasteiger partial charge in [-0.05, 0) is 43.5 Å². The third-order valence-corrected chi connectivity index (χ3v) is 2.73. The first-order chi connectivity index (χ1) is 9.19. The minimum Gasteiger partial charge on any atom is -0.491 e. The number of benzene rings is 1. The number of hydrogen-bond donors (Lipinski definition) is 0. The fourth-order valence-electron chi connectivity index (χ4n) is 1.89. The van der Waals surface area contributed by atoms with Crippen LogP contribution in [0.5, 0.6) is 5.75 Å². The van der Waals surface area contributed by atoms with Crippen molar-refractivity contribution in [3.8, 4) is 5.75 Å². The summed E-state index contributed by atoms with van der Waals surface area (Å²) in [4.78, 5) is 10.7. The Balaban J connectivity index is 2.35. The summed E-state index contributed by atoms with van der Waals surface area (Å²) in [5.41, 5.74) is 2.63. The van der Waals surface area contributed by atoms with E-state index >= 15 is 0 Å². The Morgan fingerprint density at radius 1 is 1.05 bits per heavy atom. The van der Waals surface area contributed by atoms with Gasteiger partial charge in [0.25, 0.3) is 0 Å². The van der Waals surface area contributed by atoms with Crippen LogP contribution in [0, 0.1) is 13.8 Å². The molecule has 0 saturated heterocycles. The molecule has 1 aromatic carbocycles. The number of carbonyl (C=O) groups excluding carboxylic acids is 1. The predicted octanol–water partition coefficient (Wildman–Crippen LogP) is 2.55. The second-order valence-corrected chi connectivity index (χ2v) is 4.41. The maximum Gasteiger partial charge on any atom is 0.150 e. The fourth-order valence-corrected chi connectivity index (χ4v) is 1.89. The maximum atomic E-state index is 10.7. The van der Waals surface area contributed by atoms with Crippen molar-refractivity contribution in [2.45, 2.75) is 20.3 Å². The first-order valence-electron chi connectivity index (χ1n) is 6.45. The molecule has 4 nitrogen and oxygen atoms in total. The Labute approximate surface area is 114 Å². The summed E-state index contributed by atoms with van der Waals surface area (Å²) >= 11 is 0. The normalized spacial score (nSPS) is 10.5.